The molecule has 1 aliphatic carbocycles. The number of alkyl halides is 3. The van der Waals surface area contributed by atoms with Gasteiger partial charge in [-0.25, -0.2) is 4.39 Å². The van der Waals surface area contributed by atoms with Crippen LogP contribution in [0.2, 0.25) is 0 Å². The van der Waals surface area contributed by atoms with Gasteiger partial charge in [0.1, 0.15) is 11.6 Å². The number of rotatable bonds is 4. The summed E-state index contributed by atoms with van der Waals surface area (Å²) in [7, 11) is 0. The Bertz CT molecular complexity index is 1040. The van der Waals surface area contributed by atoms with Gasteiger partial charge in [-0.2, -0.15) is 0 Å². The first-order chi connectivity index (χ1) is 13.8. The minimum absolute atomic E-state index is 0.0107. The van der Waals surface area contributed by atoms with Crippen molar-refractivity contribution in [2.24, 2.45) is 0 Å². The molecule has 0 N–H and O–H groups in total. The van der Waals surface area contributed by atoms with E-state index >= 15 is 4.39 Å². The van der Waals surface area contributed by atoms with E-state index in [1.807, 2.05) is 30.3 Å². The fourth-order valence-electron chi connectivity index (χ4n) is 4.31. The summed E-state index contributed by atoms with van der Waals surface area (Å²) < 4.78 is 56.6. The molecule has 3 aromatic carbocycles. The average molecular weight is 402 g/mol. The molecule has 29 heavy (non-hydrogen) atoms. The highest BCUT2D eigenvalue weighted by atomic mass is 19.4. The third kappa shape index (κ3) is 4.24. The highest BCUT2D eigenvalue weighted by molar-refractivity contribution is 5.84. The van der Waals surface area contributed by atoms with E-state index in [4.69, 9.17) is 0 Å². The molecule has 1 atom stereocenters. The van der Waals surface area contributed by atoms with Gasteiger partial charge in [0, 0.05) is 5.39 Å². The van der Waals surface area contributed by atoms with Gasteiger partial charge in [-0.15, -0.1) is 13.2 Å². The fourth-order valence-corrected chi connectivity index (χ4v) is 4.31. The lowest BCUT2D eigenvalue weighted by Crippen LogP contribution is -2.18. The molecule has 1 aliphatic rings. The maximum Gasteiger partial charge on any atom is 0.573 e. The van der Waals surface area contributed by atoms with Crippen LogP contribution in [0.1, 0.15) is 47.9 Å². The van der Waals surface area contributed by atoms with Crippen molar-refractivity contribution in [2.45, 2.75) is 51.3 Å². The molecule has 4 rings (SSSR count). The zero-order valence-electron chi connectivity index (χ0n) is 16.2. The smallest absolute Gasteiger partial charge is 0.406 e. The van der Waals surface area contributed by atoms with Crippen molar-refractivity contribution in [3.63, 3.8) is 0 Å². The topological polar surface area (TPSA) is 9.23 Å². The molecular formula is C24H22F4O. The average Bonchev–Trinajstić information content (AvgIpc) is 2.67. The van der Waals surface area contributed by atoms with E-state index < -0.39 is 6.36 Å². The standard InChI is InChI=1S/C24H22F4O/c1-2-3-15-4-10-21-18(12-15)8-11-22(23(21)25)19-6-5-17-14-20(29-24(26,27)28)9-7-16(17)13-19/h4,7-12,14,19H,2-3,5-6,13H2,1H3. The Kier molecular flexibility index (Phi) is 5.24. The zero-order valence-corrected chi connectivity index (χ0v) is 16.2. The van der Waals surface area contributed by atoms with Crippen LogP contribution in [0.3, 0.4) is 0 Å². The van der Waals surface area contributed by atoms with Crippen molar-refractivity contribution < 1.29 is 22.3 Å². The van der Waals surface area contributed by atoms with Gasteiger partial charge in [0.05, 0.1) is 0 Å². The number of benzene rings is 3. The molecule has 152 valence electrons. The summed E-state index contributed by atoms with van der Waals surface area (Å²) in [5, 5.41) is 1.53. The molecule has 0 aliphatic heterocycles. The van der Waals surface area contributed by atoms with Crippen molar-refractivity contribution >= 4 is 10.8 Å². The second kappa shape index (κ2) is 7.69. The maximum atomic E-state index is 15.3. The third-order valence-corrected chi connectivity index (χ3v) is 5.67. The SMILES string of the molecule is CCCc1ccc2c(F)c(C3CCc4cc(OC(F)(F)F)ccc4C3)ccc2c1. The van der Waals surface area contributed by atoms with E-state index in [9.17, 15) is 13.2 Å². The molecule has 0 amide bonds. The predicted octanol–water partition coefficient (Wildman–Crippen LogP) is 7.10. The number of fused-ring (bicyclic) bond motifs is 2. The Morgan fingerprint density at radius 2 is 1.83 bits per heavy atom. The van der Waals surface area contributed by atoms with Crippen LogP contribution in [-0.4, -0.2) is 6.36 Å². The minimum atomic E-state index is -4.70. The Morgan fingerprint density at radius 3 is 2.59 bits per heavy atom. The summed E-state index contributed by atoms with van der Waals surface area (Å²) >= 11 is 0. The maximum absolute atomic E-state index is 15.3. The quantitative estimate of drug-likeness (QED) is 0.423. The predicted molar refractivity (Wildman–Crippen MR) is 106 cm³/mol. The van der Waals surface area contributed by atoms with E-state index in [1.54, 1.807) is 6.07 Å². The second-order valence-electron chi connectivity index (χ2n) is 7.69. The molecule has 0 saturated heterocycles. The van der Waals surface area contributed by atoms with Crippen molar-refractivity contribution in [2.75, 3.05) is 0 Å². The Morgan fingerprint density at radius 1 is 1.00 bits per heavy atom. The van der Waals surface area contributed by atoms with Crippen molar-refractivity contribution in [1.29, 1.82) is 0 Å². The lowest BCUT2D eigenvalue weighted by Gasteiger charge is -2.26. The number of ether oxygens (including phenoxy) is 1. The summed E-state index contributed by atoms with van der Waals surface area (Å²) in [5.74, 6) is -0.373. The molecule has 0 bridgehead atoms. The van der Waals surface area contributed by atoms with Gasteiger partial charge in [-0.3, -0.25) is 0 Å². The summed E-state index contributed by atoms with van der Waals surface area (Å²) in [6.45, 7) is 2.12. The molecule has 1 unspecified atom stereocenters. The molecule has 0 spiro atoms. The molecule has 0 radical (unpaired) electrons. The highest BCUT2D eigenvalue weighted by Gasteiger charge is 2.32. The van der Waals surface area contributed by atoms with Crippen LogP contribution < -0.4 is 4.74 Å². The van der Waals surface area contributed by atoms with Crippen LogP contribution in [0.5, 0.6) is 5.75 Å². The molecule has 3 aromatic rings. The van der Waals surface area contributed by atoms with Gasteiger partial charge < -0.3 is 4.74 Å². The first-order valence-electron chi connectivity index (χ1n) is 9.92. The summed E-state index contributed by atoms with van der Waals surface area (Å²) in [4.78, 5) is 0. The minimum Gasteiger partial charge on any atom is -0.406 e. The Balaban J connectivity index is 1.59. The summed E-state index contributed by atoms with van der Waals surface area (Å²) in [5.41, 5.74) is 3.68. The van der Waals surface area contributed by atoms with Crippen LogP contribution in [0, 0.1) is 5.82 Å². The van der Waals surface area contributed by atoms with E-state index in [2.05, 4.69) is 11.7 Å². The monoisotopic (exact) mass is 402 g/mol. The van der Waals surface area contributed by atoms with Gasteiger partial charge in [0.2, 0.25) is 0 Å². The van der Waals surface area contributed by atoms with E-state index in [1.165, 1.54) is 17.7 Å². The van der Waals surface area contributed by atoms with Gasteiger partial charge in [0.25, 0.3) is 0 Å². The molecule has 0 saturated carbocycles. The third-order valence-electron chi connectivity index (χ3n) is 5.67. The number of aryl methyl sites for hydroxylation is 2. The van der Waals surface area contributed by atoms with Crippen LogP contribution in [-0.2, 0) is 19.3 Å². The van der Waals surface area contributed by atoms with Gasteiger partial charge >= 0.3 is 6.36 Å². The molecule has 1 nitrogen and oxygen atoms in total. The normalized spacial score (nSPS) is 16.7. The van der Waals surface area contributed by atoms with Crippen molar-refractivity contribution in [3.8, 4) is 5.75 Å². The van der Waals surface area contributed by atoms with Crippen molar-refractivity contribution in [1.82, 2.24) is 0 Å². The van der Waals surface area contributed by atoms with Gasteiger partial charge in [0.15, 0.2) is 0 Å². The number of halogens is 4. The number of hydrogen-bond acceptors (Lipinski definition) is 1. The van der Waals surface area contributed by atoms with Crippen LogP contribution >= 0.6 is 0 Å². The largest absolute Gasteiger partial charge is 0.573 e. The molecule has 0 fully saturated rings. The molecular weight excluding hydrogens is 380 g/mol. The summed E-state index contributed by atoms with van der Waals surface area (Å²) in [6.07, 6.45) is -0.780. The van der Waals surface area contributed by atoms with Crippen molar-refractivity contribution in [3.05, 3.63) is 76.6 Å². The second-order valence-corrected chi connectivity index (χ2v) is 7.69. The highest BCUT2D eigenvalue weighted by Crippen LogP contribution is 2.37. The first kappa shape index (κ1) is 19.7. The Hall–Kier alpha value is -2.56. The molecule has 5 heteroatoms. The molecule has 0 heterocycles. The number of hydrogen-bond donors (Lipinski definition) is 0. The van der Waals surface area contributed by atoms with E-state index in [-0.39, 0.29) is 17.5 Å². The van der Waals surface area contributed by atoms with Gasteiger partial charge in [-0.1, -0.05) is 49.7 Å². The van der Waals surface area contributed by atoms with Crippen LogP contribution in [0.4, 0.5) is 17.6 Å². The summed E-state index contributed by atoms with van der Waals surface area (Å²) in [6, 6.07) is 14.2. The molecule has 0 aromatic heterocycles. The van der Waals surface area contributed by atoms with Crippen LogP contribution in [0.15, 0.2) is 48.5 Å². The Labute approximate surface area is 167 Å². The lowest BCUT2D eigenvalue weighted by atomic mass is 9.79. The van der Waals surface area contributed by atoms with E-state index in [0.717, 1.165) is 29.4 Å². The van der Waals surface area contributed by atoms with E-state index in [0.29, 0.717) is 30.2 Å². The van der Waals surface area contributed by atoms with Crippen LogP contribution in [0.25, 0.3) is 10.8 Å². The fraction of sp³-hybridized carbons (Fsp3) is 0.333. The first-order valence-corrected chi connectivity index (χ1v) is 9.92. The zero-order chi connectivity index (χ0) is 20.6. The van der Waals surface area contributed by atoms with Gasteiger partial charge in [-0.05, 0) is 71.4 Å². The lowest BCUT2D eigenvalue weighted by molar-refractivity contribution is -0.274.